The number of amides is 2. The first kappa shape index (κ1) is 18.3. The number of carbonyl (C=O) groups is 2. The highest BCUT2D eigenvalue weighted by Gasteiger charge is 2.11. The van der Waals surface area contributed by atoms with Gasteiger partial charge in [-0.15, -0.1) is 0 Å². The van der Waals surface area contributed by atoms with Crippen LogP contribution in [0.15, 0.2) is 59.4 Å². The van der Waals surface area contributed by atoms with E-state index in [0.717, 1.165) is 5.39 Å². The maximum Gasteiger partial charge on any atom is 0.259 e. The number of carbonyl (C=O) groups excluding carboxylic acids is 2. The summed E-state index contributed by atoms with van der Waals surface area (Å²) in [6.07, 6.45) is 0. The first-order valence-corrected chi connectivity index (χ1v) is 8.35. The highest BCUT2D eigenvalue weighted by molar-refractivity contribution is 5.94. The van der Waals surface area contributed by atoms with Gasteiger partial charge in [-0.1, -0.05) is 18.2 Å². The molecule has 2 amide bonds. The summed E-state index contributed by atoms with van der Waals surface area (Å²) in [6, 6.07) is 14.3. The third-order valence-electron chi connectivity index (χ3n) is 4.10. The van der Waals surface area contributed by atoms with Crippen LogP contribution in [-0.4, -0.2) is 22.9 Å². The van der Waals surface area contributed by atoms with Gasteiger partial charge >= 0.3 is 0 Å². The molecule has 0 saturated carbocycles. The number of aryl methyl sites for hydroxylation is 1. The van der Waals surface area contributed by atoms with Crippen LogP contribution in [-0.2, 0) is 16.1 Å². The lowest BCUT2D eigenvalue weighted by Crippen LogP contribution is -2.37. The molecule has 0 aliphatic rings. The summed E-state index contributed by atoms with van der Waals surface area (Å²) >= 11 is 0. The second-order valence-corrected chi connectivity index (χ2v) is 6.10. The minimum absolute atomic E-state index is 0.181. The van der Waals surface area contributed by atoms with E-state index in [2.05, 4.69) is 10.6 Å². The van der Waals surface area contributed by atoms with Gasteiger partial charge in [0.25, 0.3) is 5.56 Å². The van der Waals surface area contributed by atoms with Gasteiger partial charge in [0.1, 0.15) is 12.4 Å². The molecule has 7 heteroatoms. The number of anilines is 1. The number of aromatic nitrogens is 1. The zero-order valence-electron chi connectivity index (χ0n) is 14.7. The molecule has 0 spiro atoms. The highest BCUT2D eigenvalue weighted by Crippen LogP contribution is 2.11. The molecular formula is C20H18FN3O3. The van der Waals surface area contributed by atoms with E-state index in [1.807, 2.05) is 18.2 Å². The summed E-state index contributed by atoms with van der Waals surface area (Å²) in [5, 5.41) is 6.37. The van der Waals surface area contributed by atoms with Crippen LogP contribution < -0.4 is 16.2 Å². The zero-order valence-corrected chi connectivity index (χ0v) is 14.7. The number of rotatable bonds is 5. The number of hydrogen-bond donors (Lipinski definition) is 2. The van der Waals surface area contributed by atoms with E-state index in [0.29, 0.717) is 16.8 Å². The average Bonchev–Trinajstić information content (AvgIpc) is 2.65. The molecule has 0 atom stereocenters. The Balaban J connectivity index is 1.62. The highest BCUT2D eigenvalue weighted by atomic mass is 19.1. The van der Waals surface area contributed by atoms with Crippen LogP contribution >= 0.6 is 0 Å². The standard InChI is InChI=1S/C20H18FN3O3/c1-13-10-14-4-2-3-5-17(14)20(27)24(13)12-19(26)22-11-18(25)23-16-8-6-15(21)7-9-16/h2-10H,11-12H2,1H3,(H,22,26)(H,23,25). The molecule has 0 fully saturated rings. The summed E-state index contributed by atoms with van der Waals surface area (Å²) in [7, 11) is 0. The van der Waals surface area contributed by atoms with Gasteiger partial charge in [0.15, 0.2) is 0 Å². The first-order valence-electron chi connectivity index (χ1n) is 8.35. The molecule has 3 rings (SSSR count). The van der Waals surface area contributed by atoms with Crippen LogP contribution in [0, 0.1) is 12.7 Å². The Bertz CT molecular complexity index is 1060. The third kappa shape index (κ3) is 4.38. The molecule has 3 aromatic rings. The molecule has 0 unspecified atom stereocenters. The second-order valence-electron chi connectivity index (χ2n) is 6.10. The Morgan fingerprint density at radius 3 is 2.48 bits per heavy atom. The monoisotopic (exact) mass is 367 g/mol. The minimum Gasteiger partial charge on any atom is -0.345 e. The van der Waals surface area contributed by atoms with Gasteiger partial charge in [-0.3, -0.25) is 14.4 Å². The number of halogens is 1. The fourth-order valence-electron chi connectivity index (χ4n) is 2.74. The second kappa shape index (κ2) is 7.82. The van der Waals surface area contributed by atoms with E-state index in [4.69, 9.17) is 0 Å². The van der Waals surface area contributed by atoms with E-state index >= 15 is 0 Å². The fourth-order valence-corrected chi connectivity index (χ4v) is 2.74. The molecule has 0 bridgehead atoms. The summed E-state index contributed by atoms with van der Waals surface area (Å²) in [6.45, 7) is 1.32. The molecule has 1 aromatic heterocycles. The first-order chi connectivity index (χ1) is 12.9. The number of pyridine rings is 1. The van der Waals surface area contributed by atoms with E-state index in [1.54, 1.807) is 19.1 Å². The Kier molecular flexibility index (Phi) is 5.30. The number of nitrogens with zero attached hydrogens (tertiary/aromatic N) is 1. The maximum atomic E-state index is 12.9. The smallest absolute Gasteiger partial charge is 0.259 e. The van der Waals surface area contributed by atoms with Crippen LogP contribution in [0.3, 0.4) is 0 Å². The van der Waals surface area contributed by atoms with E-state index < -0.39 is 17.6 Å². The summed E-state index contributed by atoms with van der Waals surface area (Å²) in [5.41, 5.74) is 0.832. The lowest BCUT2D eigenvalue weighted by atomic mass is 10.1. The van der Waals surface area contributed by atoms with Crippen molar-refractivity contribution in [1.82, 2.24) is 9.88 Å². The van der Waals surface area contributed by atoms with Gasteiger partial charge in [0.05, 0.1) is 6.54 Å². The third-order valence-corrected chi connectivity index (χ3v) is 4.10. The van der Waals surface area contributed by atoms with Gasteiger partial charge in [0, 0.05) is 16.8 Å². The molecule has 2 N–H and O–H groups in total. The van der Waals surface area contributed by atoms with Gasteiger partial charge in [-0.2, -0.15) is 0 Å². The number of fused-ring (bicyclic) bond motifs is 1. The van der Waals surface area contributed by atoms with Crippen LogP contribution in [0.1, 0.15) is 5.69 Å². The molecular weight excluding hydrogens is 349 g/mol. The van der Waals surface area contributed by atoms with Crippen molar-refractivity contribution in [3.05, 3.63) is 76.5 Å². The fraction of sp³-hybridized carbons (Fsp3) is 0.150. The molecule has 0 aliphatic carbocycles. The van der Waals surface area contributed by atoms with Gasteiger partial charge in [-0.05, 0) is 48.7 Å². The Morgan fingerprint density at radius 1 is 1.04 bits per heavy atom. The van der Waals surface area contributed by atoms with E-state index in [-0.39, 0.29) is 18.6 Å². The topological polar surface area (TPSA) is 80.2 Å². The van der Waals surface area contributed by atoms with Crippen LogP contribution in [0.25, 0.3) is 10.8 Å². The molecule has 0 aliphatic heterocycles. The molecule has 138 valence electrons. The van der Waals surface area contributed by atoms with Crippen molar-refractivity contribution in [2.24, 2.45) is 0 Å². The molecule has 2 aromatic carbocycles. The predicted molar refractivity (Wildman–Crippen MR) is 101 cm³/mol. The molecule has 6 nitrogen and oxygen atoms in total. The van der Waals surface area contributed by atoms with E-state index in [9.17, 15) is 18.8 Å². The van der Waals surface area contributed by atoms with Crippen molar-refractivity contribution in [3.8, 4) is 0 Å². The van der Waals surface area contributed by atoms with Crippen molar-refractivity contribution >= 4 is 28.3 Å². The van der Waals surface area contributed by atoms with Crippen LogP contribution in [0.5, 0.6) is 0 Å². The Morgan fingerprint density at radius 2 is 1.74 bits per heavy atom. The van der Waals surface area contributed by atoms with Crippen molar-refractivity contribution in [2.45, 2.75) is 13.5 Å². The minimum atomic E-state index is -0.454. The summed E-state index contributed by atoms with van der Waals surface area (Å²) in [4.78, 5) is 36.6. The predicted octanol–water partition coefficient (Wildman–Crippen LogP) is 2.20. The van der Waals surface area contributed by atoms with Crippen molar-refractivity contribution in [1.29, 1.82) is 0 Å². The summed E-state index contributed by atoms with van der Waals surface area (Å²) < 4.78 is 14.2. The lowest BCUT2D eigenvalue weighted by Gasteiger charge is -2.12. The van der Waals surface area contributed by atoms with Crippen molar-refractivity contribution < 1.29 is 14.0 Å². The molecule has 27 heavy (non-hydrogen) atoms. The lowest BCUT2D eigenvalue weighted by molar-refractivity contribution is -0.124. The Hall–Kier alpha value is -3.48. The van der Waals surface area contributed by atoms with E-state index in [1.165, 1.54) is 28.8 Å². The molecule has 0 radical (unpaired) electrons. The number of hydrogen-bond acceptors (Lipinski definition) is 3. The number of nitrogens with one attached hydrogen (secondary N) is 2. The van der Waals surface area contributed by atoms with Crippen LogP contribution in [0.4, 0.5) is 10.1 Å². The summed E-state index contributed by atoms with van der Waals surface area (Å²) in [5.74, 6) is -1.31. The van der Waals surface area contributed by atoms with Crippen molar-refractivity contribution in [3.63, 3.8) is 0 Å². The zero-order chi connectivity index (χ0) is 19.4. The van der Waals surface area contributed by atoms with Gasteiger partial charge in [0.2, 0.25) is 11.8 Å². The molecule has 1 heterocycles. The van der Waals surface area contributed by atoms with Crippen molar-refractivity contribution in [2.75, 3.05) is 11.9 Å². The average molecular weight is 367 g/mol. The maximum absolute atomic E-state index is 12.9. The largest absolute Gasteiger partial charge is 0.345 e. The van der Waals surface area contributed by atoms with Gasteiger partial charge < -0.3 is 15.2 Å². The van der Waals surface area contributed by atoms with Gasteiger partial charge in [-0.25, -0.2) is 4.39 Å². The Labute approximate surface area is 154 Å². The molecule has 0 saturated heterocycles. The quantitative estimate of drug-likeness (QED) is 0.726. The number of benzene rings is 2. The van der Waals surface area contributed by atoms with Crippen LogP contribution in [0.2, 0.25) is 0 Å². The normalized spacial score (nSPS) is 10.6. The SMILES string of the molecule is Cc1cc2ccccc2c(=O)n1CC(=O)NCC(=O)Nc1ccc(F)cc1.